The Balaban J connectivity index is 1.87. The molecule has 0 spiro atoms. The van der Waals surface area contributed by atoms with Crippen LogP contribution in [0.4, 0.5) is 5.82 Å². The van der Waals surface area contributed by atoms with E-state index in [1.54, 1.807) is 39.3 Å². The van der Waals surface area contributed by atoms with Crippen LogP contribution in [0, 0.1) is 6.92 Å². The molecule has 8 nitrogen and oxygen atoms in total. The number of amides is 1. The largest absolute Gasteiger partial charge is 0.422 e. The van der Waals surface area contributed by atoms with Crippen LogP contribution in [0.15, 0.2) is 39.5 Å². The Morgan fingerprint density at radius 3 is 2.55 bits per heavy atom. The maximum atomic E-state index is 12.6. The number of hydrogen-bond donors (Lipinski definition) is 1. The molecule has 0 saturated carbocycles. The van der Waals surface area contributed by atoms with Crippen LogP contribution >= 0.6 is 0 Å². The van der Waals surface area contributed by atoms with Gasteiger partial charge in [-0.3, -0.25) is 9.69 Å². The van der Waals surface area contributed by atoms with Gasteiger partial charge in [0.2, 0.25) is 5.91 Å². The average molecular weight is 399 g/mol. The third kappa shape index (κ3) is 4.97. The number of carbonyl (C=O) groups is 1. The summed E-state index contributed by atoms with van der Waals surface area (Å²) >= 11 is 0. The van der Waals surface area contributed by atoms with Crippen LogP contribution < -0.4 is 10.9 Å². The second kappa shape index (κ2) is 9.60. The summed E-state index contributed by atoms with van der Waals surface area (Å²) in [6, 6.07) is 8.90. The van der Waals surface area contributed by atoms with Crippen molar-refractivity contribution in [3.63, 3.8) is 0 Å². The number of hydrogen-bond acceptors (Lipinski definition) is 7. The summed E-state index contributed by atoms with van der Waals surface area (Å²) in [6.45, 7) is 4.25. The van der Waals surface area contributed by atoms with Crippen molar-refractivity contribution in [1.29, 1.82) is 0 Å². The zero-order valence-corrected chi connectivity index (χ0v) is 16.9. The van der Waals surface area contributed by atoms with Gasteiger partial charge < -0.3 is 19.2 Å². The Labute approximate surface area is 168 Å². The van der Waals surface area contributed by atoms with Crippen molar-refractivity contribution in [2.45, 2.75) is 6.92 Å². The predicted molar refractivity (Wildman–Crippen MR) is 111 cm³/mol. The van der Waals surface area contributed by atoms with Crippen LogP contribution in [0.2, 0.25) is 0 Å². The third-order valence-corrected chi connectivity index (χ3v) is 4.62. The molecule has 29 heavy (non-hydrogen) atoms. The number of rotatable bonds is 9. The number of pyridine rings is 1. The first-order chi connectivity index (χ1) is 14.0. The van der Waals surface area contributed by atoms with Gasteiger partial charge in [0.15, 0.2) is 0 Å². The monoisotopic (exact) mass is 399 g/mol. The average Bonchev–Trinajstić information content (AvgIpc) is 2.69. The molecule has 0 fully saturated rings. The first kappa shape index (κ1) is 20.9. The van der Waals surface area contributed by atoms with Crippen LogP contribution in [0.3, 0.4) is 0 Å². The summed E-state index contributed by atoms with van der Waals surface area (Å²) in [5.74, 6) is 0.199. The van der Waals surface area contributed by atoms with Gasteiger partial charge in [-0.15, -0.1) is 0 Å². The van der Waals surface area contributed by atoms with Crippen LogP contribution in [0.1, 0.15) is 5.56 Å². The van der Waals surface area contributed by atoms with E-state index in [-0.39, 0.29) is 12.5 Å². The van der Waals surface area contributed by atoms with E-state index in [1.165, 1.54) is 0 Å². The highest BCUT2D eigenvalue weighted by Crippen LogP contribution is 2.25. The topological polar surface area (TPSA) is 93.9 Å². The summed E-state index contributed by atoms with van der Waals surface area (Å²) in [7, 11) is 3.24. The molecule has 0 radical (unpaired) electrons. The van der Waals surface area contributed by atoms with Crippen molar-refractivity contribution in [3.8, 4) is 0 Å². The van der Waals surface area contributed by atoms with Gasteiger partial charge >= 0.3 is 5.63 Å². The van der Waals surface area contributed by atoms with E-state index in [0.29, 0.717) is 54.2 Å². The number of nitrogens with zero attached hydrogens (tertiary/aromatic N) is 2. The number of methoxy groups -OCH3 is 2. The van der Waals surface area contributed by atoms with Gasteiger partial charge in [-0.1, -0.05) is 12.1 Å². The molecule has 2 aromatic heterocycles. The molecule has 0 aliphatic heterocycles. The van der Waals surface area contributed by atoms with Crippen LogP contribution in [-0.2, 0) is 14.3 Å². The standard InChI is InChI=1S/C21H25N3O5/c1-14-12-17(22-18(25)13-24(8-10-27-2)9-11-28-3)23-20-15-6-4-5-7-16(15)29-21(26)19(14)20/h4-7,12H,8-11,13H2,1-3H3,(H,22,23,25). The SMILES string of the molecule is COCCN(CCOC)CC(=O)Nc1cc(C)c2c(=O)oc3ccccc3c2n1. The normalized spacial score (nSPS) is 11.4. The first-order valence-corrected chi connectivity index (χ1v) is 9.36. The minimum Gasteiger partial charge on any atom is -0.422 e. The van der Waals surface area contributed by atoms with E-state index in [0.717, 1.165) is 5.39 Å². The van der Waals surface area contributed by atoms with Crippen molar-refractivity contribution in [3.05, 3.63) is 46.3 Å². The molecule has 1 amide bonds. The molecule has 0 unspecified atom stereocenters. The van der Waals surface area contributed by atoms with E-state index in [4.69, 9.17) is 13.9 Å². The number of anilines is 1. The van der Waals surface area contributed by atoms with Crippen LogP contribution in [0.25, 0.3) is 21.9 Å². The minimum atomic E-state index is -0.438. The molecule has 0 aliphatic carbocycles. The van der Waals surface area contributed by atoms with Crippen LogP contribution in [0.5, 0.6) is 0 Å². The first-order valence-electron chi connectivity index (χ1n) is 9.36. The minimum absolute atomic E-state index is 0.184. The lowest BCUT2D eigenvalue weighted by atomic mass is 10.1. The summed E-state index contributed by atoms with van der Waals surface area (Å²) in [5.41, 5.74) is 1.24. The van der Waals surface area contributed by atoms with Crippen molar-refractivity contribution >= 4 is 33.6 Å². The summed E-state index contributed by atoms with van der Waals surface area (Å²) < 4.78 is 15.6. The van der Waals surface area contributed by atoms with Gasteiger partial charge in [-0.25, -0.2) is 9.78 Å². The van der Waals surface area contributed by atoms with Gasteiger partial charge in [0.1, 0.15) is 11.4 Å². The predicted octanol–water partition coefficient (Wildman–Crippen LogP) is 2.18. The fourth-order valence-electron chi connectivity index (χ4n) is 3.19. The lowest BCUT2D eigenvalue weighted by Crippen LogP contribution is -2.37. The van der Waals surface area contributed by atoms with E-state index >= 15 is 0 Å². The number of benzene rings is 1. The van der Waals surface area contributed by atoms with Crippen molar-refractivity contribution in [1.82, 2.24) is 9.88 Å². The van der Waals surface area contributed by atoms with Crippen molar-refractivity contribution in [2.24, 2.45) is 0 Å². The molecule has 0 saturated heterocycles. The highest BCUT2D eigenvalue weighted by atomic mass is 16.5. The summed E-state index contributed by atoms with van der Waals surface area (Å²) in [4.78, 5) is 31.4. The molecule has 1 aromatic carbocycles. The maximum absolute atomic E-state index is 12.6. The van der Waals surface area contributed by atoms with Crippen molar-refractivity contribution < 1.29 is 18.7 Å². The lowest BCUT2D eigenvalue weighted by Gasteiger charge is -2.20. The molecule has 154 valence electrons. The molecule has 0 aliphatic rings. The molecule has 1 N–H and O–H groups in total. The Morgan fingerprint density at radius 1 is 1.17 bits per heavy atom. The number of carbonyl (C=O) groups excluding carboxylic acids is 1. The third-order valence-electron chi connectivity index (χ3n) is 4.62. The van der Waals surface area contributed by atoms with E-state index in [1.807, 2.05) is 17.0 Å². The molecule has 3 rings (SSSR count). The number of aryl methyl sites for hydroxylation is 1. The molecular weight excluding hydrogens is 374 g/mol. The highest BCUT2D eigenvalue weighted by Gasteiger charge is 2.15. The number of ether oxygens (including phenoxy) is 2. The zero-order chi connectivity index (χ0) is 20.8. The van der Waals surface area contributed by atoms with Gasteiger partial charge in [0.25, 0.3) is 0 Å². The second-order valence-corrected chi connectivity index (χ2v) is 6.74. The molecule has 3 aromatic rings. The Morgan fingerprint density at radius 2 is 1.86 bits per heavy atom. The van der Waals surface area contributed by atoms with Gasteiger partial charge in [0, 0.05) is 32.7 Å². The molecule has 0 atom stereocenters. The Bertz CT molecular complexity index is 1060. The van der Waals surface area contributed by atoms with E-state index < -0.39 is 5.63 Å². The summed E-state index contributed by atoms with van der Waals surface area (Å²) in [6.07, 6.45) is 0. The number of fused-ring (bicyclic) bond motifs is 3. The lowest BCUT2D eigenvalue weighted by molar-refractivity contribution is -0.117. The quantitative estimate of drug-likeness (QED) is 0.435. The Hall–Kier alpha value is -2.81. The fraction of sp³-hybridized carbons (Fsp3) is 0.381. The van der Waals surface area contributed by atoms with Gasteiger partial charge in [0.05, 0.1) is 30.7 Å². The Kier molecular flexibility index (Phi) is 6.92. The number of aromatic nitrogens is 1. The zero-order valence-electron chi connectivity index (χ0n) is 16.9. The molecule has 0 bridgehead atoms. The van der Waals surface area contributed by atoms with E-state index in [9.17, 15) is 9.59 Å². The fourth-order valence-corrected chi connectivity index (χ4v) is 3.19. The molecular formula is C21H25N3O5. The molecule has 2 heterocycles. The number of nitrogens with one attached hydrogen (secondary N) is 1. The summed E-state index contributed by atoms with van der Waals surface area (Å²) in [5, 5.41) is 3.98. The highest BCUT2D eigenvalue weighted by molar-refractivity contribution is 6.04. The van der Waals surface area contributed by atoms with Crippen LogP contribution in [-0.4, -0.2) is 62.9 Å². The number of para-hydroxylation sites is 1. The van der Waals surface area contributed by atoms with E-state index in [2.05, 4.69) is 10.3 Å². The van der Waals surface area contributed by atoms with Gasteiger partial charge in [-0.05, 0) is 30.7 Å². The molecule has 8 heteroatoms. The smallest absolute Gasteiger partial charge is 0.346 e. The van der Waals surface area contributed by atoms with Crippen molar-refractivity contribution in [2.75, 3.05) is 52.4 Å². The second-order valence-electron chi connectivity index (χ2n) is 6.74. The maximum Gasteiger partial charge on any atom is 0.346 e. The van der Waals surface area contributed by atoms with Gasteiger partial charge in [-0.2, -0.15) is 0 Å².